The number of likely N-dealkylation sites (tertiary alicyclic amines) is 1. The van der Waals surface area contributed by atoms with Crippen molar-refractivity contribution in [1.82, 2.24) is 44.8 Å². The molecule has 3 fully saturated rings. The van der Waals surface area contributed by atoms with Crippen LogP contribution < -0.4 is 20.1 Å². The first-order valence-electron chi connectivity index (χ1n) is 27.5. The molecule has 83 heavy (non-hydrogen) atoms. The van der Waals surface area contributed by atoms with Crippen LogP contribution in [0, 0.1) is 11.3 Å². The first-order valence-corrected chi connectivity index (χ1v) is 29.0. The van der Waals surface area contributed by atoms with E-state index in [9.17, 15) is 66.5 Å². The summed E-state index contributed by atoms with van der Waals surface area (Å²) in [4.78, 5) is 86.9. The molecule has 2 aliphatic heterocycles. The number of nitrogens with one attached hydrogen (secondary N) is 3. The zero-order chi connectivity index (χ0) is 59.3. The largest absolute Gasteiger partial charge is 0.492 e. The molecule has 0 bridgehead atoms. The first-order chi connectivity index (χ1) is 39.7. The number of nitriles is 1. The van der Waals surface area contributed by atoms with Crippen molar-refractivity contribution in [2.75, 3.05) is 98.2 Å². The molecule has 4 aromatic carbocycles. The van der Waals surface area contributed by atoms with Gasteiger partial charge in [-0.05, 0) is 89.9 Å². The molecule has 442 valence electrons. The van der Waals surface area contributed by atoms with Crippen LogP contribution in [0.25, 0.3) is 32.8 Å². The van der Waals surface area contributed by atoms with Crippen molar-refractivity contribution >= 4 is 67.3 Å². The van der Waals surface area contributed by atoms with E-state index < -0.39 is 82.5 Å². The summed E-state index contributed by atoms with van der Waals surface area (Å²) in [7, 11) is -3.94. The Bertz CT molecular complexity index is 3280. The summed E-state index contributed by atoms with van der Waals surface area (Å²) in [6, 6.07) is 27.2. The minimum Gasteiger partial charge on any atom is -0.492 e. The number of ether oxygens (including phenoxy) is 1. The number of carbonyl (C=O) groups is 6. The predicted octanol–water partition coefficient (Wildman–Crippen LogP) is 3.36. The van der Waals surface area contributed by atoms with E-state index in [1.54, 1.807) is 45.0 Å². The van der Waals surface area contributed by atoms with Gasteiger partial charge in [0.1, 0.15) is 18.4 Å². The number of aromatic nitrogens is 1. The second-order valence-electron chi connectivity index (χ2n) is 21.4. The molecule has 1 aromatic heterocycles. The molecule has 0 unspecified atom stereocenters. The zero-order valence-electron chi connectivity index (χ0n) is 45.7. The number of fused-ring (bicyclic) bond motifs is 2. The number of carboxylic acids is 3. The Kier molecular flexibility index (Phi) is 20.7. The summed E-state index contributed by atoms with van der Waals surface area (Å²) in [6.07, 6.45) is 2.29. The highest BCUT2D eigenvalue weighted by molar-refractivity contribution is 7.90. The van der Waals surface area contributed by atoms with Crippen molar-refractivity contribution in [2.45, 2.75) is 67.8 Å². The summed E-state index contributed by atoms with van der Waals surface area (Å²) in [6.45, 7) is -0.429. The van der Waals surface area contributed by atoms with Gasteiger partial charge >= 0.3 is 17.9 Å². The summed E-state index contributed by atoms with van der Waals surface area (Å²) in [5, 5.41) is 45.3. The number of carbonyl (C=O) groups excluding carboxylic acids is 3. The van der Waals surface area contributed by atoms with E-state index in [0.29, 0.717) is 41.5 Å². The Hall–Kier alpha value is -7.73. The van der Waals surface area contributed by atoms with Crippen LogP contribution in [0.1, 0.15) is 48.0 Å². The molecule has 2 atom stereocenters. The number of carboxylic acid groups (broad SMARTS) is 3. The molecule has 6 N–H and O–H groups in total. The van der Waals surface area contributed by atoms with Crippen LogP contribution in [-0.4, -0.2) is 216 Å². The van der Waals surface area contributed by atoms with Crippen molar-refractivity contribution < 1.29 is 66.0 Å². The first kappa shape index (κ1) is 61.3. The average Bonchev–Trinajstić information content (AvgIpc) is 3.91. The standard InChI is InChI=1S/C58H68F2N10O12S/c59-58(60)30-46(31-61)70(38-58)53(72)32-63-57(79)49-17-18-62-51-16-9-43(29-50(49)51)41-7-12-47(13-8-41)82-37-45(28-39-5-6-40-3-1-2-4-42(40)27-39)65-83(80,81)48-14-10-44(11-15-48)64-52(71)33-66-19-21-67(34-54(73)74)23-25-69(36-56(77)78)26-24-68(22-20-66)35-55(75)76/h1-9,12-13,16-18,27,29,44-46,48,65H,10-11,14-15,19-26,28,30,32-38H2,(H,63,79)(H,64,71)(H,73,74)(H,75,76)(H,77,78)/t44?,45-,46-,48?/m0/s1. The Morgan fingerprint density at radius 3 is 1.89 bits per heavy atom. The molecular formula is C58H68F2N10O12S. The third-order valence-corrected chi connectivity index (χ3v) is 17.3. The number of aliphatic carboxylic acids is 3. The number of pyridine rings is 1. The fourth-order valence-corrected chi connectivity index (χ4v) is 12.6. The summed E-state index contributed by atoms with van der Waals surface area (Å²) >= 11 is 0. The maximum Gasteiger partial charge on any atom is 0.317 e. The molecule has 0 spiro atoms. The minimum atomic E-state index is -3.94. The van der Waals surface area contributed by atoms with E-state index in [-0.39, 0.29) is 115 Å². The van der Waals surface area contributed by atoms with E-state index in [4.69, 9.17) is 4.74 Å². The lowest BCUT2D eigenvalue weighted by molar-refractivity contribution is -0.140. The van der Waals surface area contributed by atoms with E-state index in [1.807, 2.05) is 65.6 Å². The van der Waals surface area contributed by atoms with Crippen molar-refractivity contribution in [3.05, 3.63) is 108 Å². The summed E-state index contributed by atoms with van der Waals surface area (Å²) in [5.41, 5.74) is 3.04. The maximum absolute atomic E-state index is 14.3. The lowest BCUT2D eigenvalue weighted by Gasteiger charge is -2.33. The van der Waals surface area contributed by atoms with Gasteiger partial charge in [-0.3, -0.25) is 53.4 Å². The van der Waals surface area contributed by atoms with Crippen LogP contribution in [0.5, 0.6) is 5.75 Å². The Morgan fingerprint density at radius 1 is 0.723 bits per heavy atom. The van der Waals surface area contributed by atoms with Gasteiger partial charge < -0.3 is 35.6 Å². The number of rotatable bonds is 21. The van der Waals surface area contributed by atoms with Gasteiger partial charge in [0.25, 0.3) is 11.8 Å². The van der Waals surface area contributed by atoms with E-state index >= 15 is 0 Å². The monoisotopic (exact) mass is 1170 g/mol. The SMILES string of the molecule is N#C[C@@H]1CC(F)(F)CN1C(=O)CNC(=O)c1ccnc2ccc(-c3ccc(OC[C@H](Cc4ccc5ccccc5c4)NS(=O)(=O)C4CCC(NC(=O)CN5CCN(CC(=O)O)CCN(CC(=O)O)CCN(CC(=O)O)CC5)CC4)cc3)cc12. The van der Waals surface area contributed by atoms with Gasteiger partial charge in [-0.2, -0.15) is 5.26 Å². The van der Waals surface area contributed by atoms with Crippen LogP contribution >= 0.6 is 0 Å². The van der Waals surface area contributed by atoms with Crippen LogP contribution in [0.2, 0.25) is 0 Å². The third-order valence-electron chi connectivity index (χ3n) is 15.2. The minimum absolute atomic E-state index is 0.0292. The lowest BCUT2D eigenvalue weighted by atomic mass is 9.95. The van der Waals surface area contributed by atoms with Gasteiger partial charge in [0.15, 0.2) is 0 Å². The molecule has 1 aliphatic carbocycles. The number of sulfonamides is 1. The lowest BCUT2D eigenvalue weighted by Crippen LogP contribution is -2.51. The van der Waals surface area contributed by atoms with Gasteiger partial charge in [0, 0.05) is 76.4 Å². The molecule has 8 rings (SSSR count). The molecule has 22 nitrogen and oxygen atoms in total. The number of amides is 3. The highest BCUT2D eigenvalue weighted by Crippen LogP contribution is 2.32. The van der Waals surface area contributed by atoms with E-state index in [2.05, 4.69) is 20.3 Å². The van der Waals surface area contributed by atoms with Gasteiger partial charge in [-0.25, -0.2) is 21.9 Å². The van der Waals surface area contributed by atoms with Crippen molar-refractivity contribution in [3.8, 4) is 22.9 Å². The van der Waals surface area contributed by atoms with Crippen LogP contribution in [0.3, 0.4) is 0 Å². The Labute approximate surface area is 479 Å². The van der Waals surface area contributed by atoms with Gasteiger partial charge in [-0.1, -0.05) is 60.7 Å². The number of nitrogens with zero attached hydrogens (tertiary/aromatic N) is 7. The number of alkyl halides is 2. The second kappa shape index (κ2) is 28.0. The molecule has 3 aliphatic rings. The number of hydrogen-bond donors (Lipinski definition) is 6. The number of halogens is 2. The summed E-state index contributed by atoms with van der Waals surface area (Å²) < 4.78 is 65.8. The van der Waals surface area contributed by atoms with Crippen LogP contribution in [0.4, 0.5) is 8.78 Å². The van der Waals surface area contributed by atoms with Crippen LogP contribution in [-0.2, 0) is 40.4 Å². The van der Waals surface area contributed by atoms with Crippen molar-refractivity contribution in [3.63, 3.8) is 0 Å². The molecule has 5 aromatic rings. The highest BCUT2D eigenvalue weighted by Gasteiger charge is 2.47. The number of hydrogen-bond acceptors (Lipinski definition) is 15. The molecule has 2 saturated heterocycles. The van der Waals surface area contributed by atoms with Gasteiger partial charge in [0.05, 0.1) is 67.7 Å². The molecule has 3 heterocycles. The van der Waals surface area contributed by atoms with Crippen molar-refractivity contribution in [2.24, 2.45) is 0 Å². The number of benzene rings is 4. The summed E-state index contributed by atoms with van der Waals surface area (Å²) in [5.74, 6) is -7.66. The molecular weight excluding hydrogens is 1100 g/mol. The quantitative estimate of drug-likeness (QED) is 0.0614. The second-order valence-corrected chi connectivity index (χ2v) is 23.4. The molecule has 3 amide bonds. The topological polar surface area (TPSA) is 295 Å². The van der Waals surface area contributed by atoms with Crippen LogP contribution in [0.15, 0.2) is 97.2 Å². The van der Waals surface area contributed by atoms with Gasteiger partial charge in [0.2, 0.25) is 21.8 Å². The maximum atomic E-state index is 14.3. The highest BCUT2D eigenvalue weighted by atomic mass is 32.2. The van der Waals surface area contributed by atoms with Crippen molar-refractivity contribution in [1.29, 1.82) is 5.26 Å². The van der Waals surface area contributed by atoms with E-state index in [0.717, 1.165) is 26.8 Å². The fraction of sp³-hybridized carbons (Fsp3) is 0.448. The Balaban J connectivity index is 0.885. The fourth-order valence-electron chi connectivity index (χ4n) is 10.9. The molecule has 0 radical (unpaired) electrons. The average molecular weight is 1170 g/mol. The smallest absolute Gasteiger partial charge is 0.317 e. The molecule has 25 heteroatoms. The van der Waals surface area contributed by atoms with Gasteiger partial charge in [-0.15, -0.1) is 0 Å². The Morgan fingerprint density at radius 2 is 1.30 bits per heavy atom. The normalized spacial score (nSPS) is 20.1. The predicted molar refractivity (Wildman–Crippen MR) is 302 cm³/mol. The molecule has 1 saturated carbocycles. The third kappa shape index (κ3) is 17.6. The van der Waals surface area contributed by atoms with E-state index in [1.165, 1.54) is 12.3 Å². The zero-order valence-corrected chi connectivity index (χ0v) is 46.5.